The fourth-order valence-corrected chi connectivity index (χ4v) is 3.35. The summed E-state index contributed by atoms with van der Waals surface area (Å²) in [7, 11) is 1.56. The van der Waals surface area contributed by atoms with Crippen LogP contribution in [0.3, 0.4) is 0 Å². The van der Waals surface area contributed by atoms with Crippen LogP contribution in [0.25, 0.3) is 6.08 Å². The van der Waals surface area contributed by atoms with Gasteiger partial charge in [-0.25, -0.2) is 0 Å². The average molecular weight is 441 g/mol. The number of carbonyl (C=O) groups excluding carboxylic acids is 1. The van der Waals surface area contributed by atoms with Crippen LogP contribution in [0.5, 0.6) is 11.5 Å². The molecule has 8 heteroatoms. The average Bonchev–Trinajstić information content (AvgIpc) is 3.01. The number of amides is 1. The minimum atomic E-state index is -0.905. The first-order chi connectivity index (χ1) is 14.9. The molecular formula is C23H24N2O5S. The van der Waals surface area contributed by atoms with E-state index in [0.717, 1.165) is 11.1 Å². The molecule has 0 saturated carbocycles. The number of nitrogens with zero attached hydrogens (tertiary/aromatic N) is 1. The highest BCUT2D eigenvalue weighted by Gasteiger charge is 2.30. The summed E-state index contributed by atoms with van der Waals surface area (Å²) in [6.45, 7) is 2.70. The van der Waals surface area contributed by atoms with Crippen molar-refractivity contribution in [2.24, 2.45) is 0 Å². The first-order valence-electron chi connectivity index (χ1n) is 9.80. The number of carboxylic acids is 1. The predicted octanol–water partition coefficient (Wildman–Crippen LogP) is 3.51. The van der Waals surface area contributed by atoms with Gasteiger partial charge in [0.05, 0.1) is 7.11 Å². The zero-order chi connectivity index (χ0) is 22.4. The van der Waals surface area contributed by atoms with Crippen LogP contribution in [0.4, 0.5) is 0 Å². The van der Waals surface area contributed by atoms with Gasteiger partial charge >= 0.3 is 5.97 Å². The normalized spacial score (nSPS) is 14.6. The van der Waals surface area contributed by atoms with E-state index < -0.39 is 5.97 Å². The Labute approximate surface area is 186 Å². The van der Waals surface area contributed by atoms with Gasteiger partial charge < -0.3 is 19.9 Å². The lowest BCUT2D eigenvalue weighted by molar-refractivity contribution is -0.137. The zero-order valence-corrected chi connectivity index (χ0v) is 18.2. The van der Waals surface area contributed by atoms with E-state index in [0.29, 0.717) is 30.2 Å². The first kappa shape index (κ1) is 22.3. The molecule has 0 spiro atoms. The smallest absolute Gasteiger partial charge is 0.303 e. The van der Waals surface area contributed by atoms with Gasteiger partial charge in [-0.2, -0.15) is 0 Å². The van der Waals surface area contributed by atoms with E-state index in [9.17, 15) is 9.59 Å². The second kappa shape index (κ2) is 10.1. The van der Waals surface area contributed by atoms with Crippen LogP contribution >= 0.6 is 12.2 Å². The Morgan fingerprint density at radius 3 is 2.61 bits per heavy atom. The van der Waals surface area contributed by atoms with Crippen molar-refractivity contribution in [2.75, 3.05) is 13.7 Å². The molecule has 0 atom stereocenters. The van der Waals surface area contributed by atoms with Crippen molar-refractivity contribution in [1.82, 2.24) is 10.2 Å². The van der Waals surface area contributed by atoms with Gasteiger partial charge in [0.2, 0.25) is 0 Å². The summed E-state index contributed by atoms with van der Waals surface area (Å²) in [5.41, 5.74) is 3.31. The fraction of sp³-hybridized carbons (Fsp3) is 0.261. The highest BCUT2D eigenvalue weighted by Crippen LogP contribution is 2.30. The van der Waals surface area contributed by atoms with Crippen molar-refractivity contribution in [2.45, 2.75) is 26.4 Å². The zero-order valence-electron chi connectivity index (χ0n) is 17.4. The number of hydrogen-bond acceptors (Lipinski definition) is 5. The summed E-state index contributed by atoms with van der Waals surface area (Å²) in [5, 5.41) is 11.9. The van der Waals surface area contributed by atoms with Crippen LogP contribution in [0.2, 0.25) is 0 Å². The van der Waals surface area contributed by atoms with E-state index in [-0.39, 0.29) is 24.0 Å². The molecule has 0 unspecified atom stereocenters. The third-order valence-corrected chi connectivity index (χ3v) is 5.07. The van der Waals surface area contributed by atoms with Crippen molar-refractivity contribution in [3.8, 4) is 11.5 Å². The van der Waals surface area contributed by atoms with Crippen LogP contribution in [-0.4, -0.2) is 40.6 Å². The molecule has 0 radical (unpaired) electrons. The van der Waals surface area contributed by atoms with Gasteiger partial charge in [-0.3, -0.25) is 14.5 Å². The summed E-state index contributed by atoms with van der Waals surface area (Å²) in [6, 6.07) is 13.5. The first-order valence-corrected chi connectivity index (χ1v) is 10.2. The minimum Gasteiger partial charge on any atom is -0.493 e. The summed E-state index contributed by atoms with van der Waals surface area (Å²) in [4.78, 5) is 24.7. The molecule has 0 aliphatic carbocycles. The second-order valence-corrected chi connectivity index (χ2v) is 7.51. The quantitative estimate of drug-likeness (QED) is 0.456. The highest BCUT2D eigenvalue weighted by atomic mass is 32.1. The summed E-state index contributed by atoms with van der Waals surface area (Å²) in [6.07, 6.45) is 1.99. The molecule has 2 aromatic carbocycles. The number of aliphatic carboxylic acids is 1. The van der Waals surface area contributed by atoms with Gasteiger partial charge in [0.1, 0.15) is 12.3 Å². The number of rotatable bonds is 9. The van der Waals surface area contributed by atoms with Crippen molar-refractivity contribution in [1.29, 1.82) is 0 Å². The maximum absolute atomic E-state index is 12.6. The Hall–Kier alpha value is -3.39. The van der Waals surface area contributed by atoms with Crippen molar-refractivity contribution < 1.29 is 24.2 Å². The molecule has 1 heterocycles. The second-order valence-electron chi connectivity index (χ2n) is 7.13. The van der Waals surface area contributed by atoms with Crippen LogP contribution in [-0.2, 0) is 16.2 Å². The molecule has 31 heavy (non-hydrogen) atoms. The van der Waals surface area contributed by atoms with Crippen molar-refractivity contribution >= 4 is 35.3 Å². The van der Waals surface area contributed by atoms with E-state index in [1.165, 1.54) is 10.5 Å². The Morgan fingerprint density at radius 2 is 1.94 bits per heavy atom. The highest BCUT2D eigenvalue weighted by molar-refractivity contribution is 7.80. The van der Waals surface area contributed by atoms with Gasteiger partial charge in [-0.1, -0.05) is 35.9 Å². The molecule has 1 fully saturated rings. The van der Waals surface area contributed by atoms with Gasteiger partial charge in [0.25, 0.3) is 5.91 Å². The number of benzene rings is 2. The standard InChI is InChI=1S/C23H24N2O5S/c1-15-5-7-16(8-6-15)14-30-19-10-9-17(13-20(19)29-2)12-18-22(28)25(23(31)24-18)11-3-4-21(26)27/h5-10,12-13H,3-4,11,14H2,1-2H3,(H,24,31)(H,26,27)/b18-12-. The molecule has 1 saturated heterocycles. The van der Waals surface area contributed by atoms with E-state index in [1.54, 1.807) is 25.3 Å². The minimum absolute atomic E-state index is 0.0211. The molecule has 0 aromatic heterocycles. The lowest BCUT2D eigenvalue weighted by Gasteiger charge is -2.12. The van der Waals surface area contributed by atoms with Gasteiger partial charge in [0, 0.05) is 13.0 Å². The third-order valence-electron chi connectivity index (χ3n) is 4.75. The van der Waals surface area contributed by atoms with Gasteiger partial charge in [-0.05, 0) is 54.9 Å². The predicted molar refractivity (Wildman–Crippen MR) is 121 cm³/mol. The summed E-state index contributed by atoms with van der Waals surface area (Å²) >= 11 is 5.21. The van der Waals surface area contributed by atoms with E-state index in [4.69, 9.17) is 26.8 Å². The lowest BCUT2D eigenvalue weighted by Crippen LogP contribution is -2.31. The summed E-state index contributed by atoms with van der Waals surface area (Å²) in [5.74, 6) is -0.0401. The largest absolute Gasteiger partial charge is 0.493 e. The molecule has 2 aromatic rings. The maximum Gasteiger partial charge on any atom is 0.303 e. The molecule has 1 aliphatic rings. The molecule has 0 bridgehead atoms. The maximum atomic E-state index is 12.6. The number of hydrogen-bond donors (Lipinski definition) is 2. The third kappa shape index (κ3) is 5.82. The molecular weight excluding hydrogens is 416 g/mol. The SMILES string of the molecule is COc1cc(/C=C2\NC(=S)N(CCCC(=O)O)C2=O)ccc1OCc1ccc(C)cc1. The molecule has 1 amide bonds. The van der Waals surface area contributed by atoms with E-state index >= 15 is 0 Å². The molecule has 162 valence electrons. The number of nitrogens with one attached hydrogen (secondary N) is 1. The number of methoxy groups -OCH3 is 1. The Morgan fingerprint density at radius 1 is 1.19 bits per heavy atom. The van der Waals surface area contributed by atoms with E-state index in [1.807, 2.05) is 37.3 Å². The van der Waals surface area contributed by atoms with Crippen LogP contribution in [0, 0.1) is 6.92 Å². The van der Waals surface area contributed by atoms with Crippen LogP contribution < -0.4 is 14.8 Å². The topological polar surface area (TPSA) is 88.1 Å². The molecule has 7 nitrogen and oxygen atoms in total. The molecule has 2 N–H and O–H groups in total. The van der Waals surface area contributed by atoms with Gasteiger partial charge in [0.15, 0.2) is 16.6 Å². The van der Waals surface area contributed by atoms with Crippen LogP contribution in [0.15, 0.2) is 48.2 Å². The lowest BCUT2D eigenvalue weighted by atomic mass is 10.1. The van der Waals surface area contributed by atoms with Crippen LogP contribution in [0.1, 0.15) is 29.5 Å². The van der Waals surface area contributed by atoms with E-state index in [2.05, 4.69) is 5.32 Å². The number of carbonyl (C=O) groups is 2. The number of ether oxygens (including phenoxy) is 2. The molecule has 1 aliphatic heterocycles. The van der Waals surface area contributed by atoms with Crippen molar-refractivity contribution in [3.05, 3.63) is 64.9 Å². The number of aryl methyl sites for hydroxylation is 1. The Bertz CT molecular complexity index is 1020. The Balaban J connectivity index is 1.69. The fourth-order valence-electron chi connectivity index (χ4n) is 3.07. The Kier molecular flexibility index (Phi) is 7.25. The molecule has 3 rings (SSSR count). The summed E-state index contributed by atoms with van der Waals surface area (Å²) < 4.78 is 11.3. The van der Waals surface area contributed by atoms with Gasteiger partial charge in [-0.15, -0.1) is 0 Å². The monoisotopic (exact) mass is 440 g/mol. The number of thiocarbonyl (C=S) groups is 1. The number of carboxylic acid groups (broad SMARTS) is 1. The van der Waals surface area contributed by atoms with Crippen molar-refractivity contribution in [3.63, 3.8) is 0 Å².